The first kappa shape index (κ1) is 25.7. The van der Waals surface area contributed by atoms with Crippen molar-refractivity contribution in [3.8, 4) is 6.07 Å². The lowest BCUT2D eigenvalue weighted by molar-refractivity contribution is -0.120. The predicted octanol–water partition coefficient (Wildman–Crippen LogP) is 3.66. The fourth-order valence-corrected chi connectivity index (χ4v) is 5.43. The highest BCUT2D eigenvalue weighted by Gasteiger charge is 2.34. The third kappa shape index (κ3) is 4.96. The van der Waals surface area contributed by atoms with Crippen molar-refractivity contribution in [2.24, 2.45) is 11.8 Å². The van der Waals surface area contributed by atoms with Crippen molar-refractivity contribution in [2.75, 3.05) is 5.32 Å². The fraction of sp³-hybridized carbons (Fsp3) is 0.393. The van der Waals surface area contributed by atoms with Crippen LogP contribution in [-0.4, -0.2) is 27.0 Å². The molecule has 10 heteroatoms. The van der Waals surface area contributed by atoms with Crippen molar-refractivity contribution in [3.05, 3.63) is 73.4 Å². The summed E-state index contributed by atoms with van der Waals surface area (Å²) >= 11 is 6.08. The van der Waals surface area contributed by atoms with E-state index >= 15 is 0 Å². The van der Waals surface area contributed by atoms with E-state index in [1.165, 1.54) is 10.6 Å². The SMILES string of the molecule is CCn1c(=O)n(CC2CC2)c(=O)c2cc(C(=O)NC3CCCC3C(=O)Nc3ccc(C#N)c(Cl)c3)ccc21. The number of carbonyl (C=O) groups is 2. The van der Waals surface area contributed by atoms with Crippen LogP contribution in [0.4, 0.5) is 5.69 Å². The second kappa shape index (κ2) is 10.5. The minimum Gasteiger partial charge on any atom is -0.349 e. The lowest BCUT2D eigenvalue weighted by atomic mass is 10.0. The standard InChI is InChI=1S/C28H28ClN5O4/c1-2-33-24-11-9-17(12-21(24)27(37)34(28(33)38)15-16-6-7-16)25(35)32-23-5-3-4-20(23)26(36)31-19-10-8-18(14-30)22(29)13-19/h8-13,16,20,23H,2-7,15H2,1H3,(H,31,36)(H,32,35). The molecule has 0 spiro atoms. The van der Waals surface area contributed by atoms with Crippen molar-refractivity contribution in [3.63, 3.8) is 0 Å². The molecule has 1 aromatic heterocycles. The Morgan fingerprint density at radius 3 is 2.55 bits per heavy atom. The van der Waals surface area contributed by atoms with Gasteiger partial charge in [0.25, 0.3) is 11.5 Å². The molecule has 2 unspecified atom stereocenters. The molecule has 5 rings (SSSR count). The number of amides is 2. The van der Waals surface area contributed by atoms with Crippen LogP contribution in [0.3, 0.4) is 0 Å². The summed E-state index contributed by atoms with van der Waals surface area (Å²) in [6, 6.07) is 11.1. The first-order valence-electron chi connectivity index (χ1n) is 12.9. The van der Waals surface area contributed by atoms with Crippen LogP contribution in [0, 0.1) is 23.2 Å². The monoisotopic (exact) mass is 533 g/mol. The number of fused-ring (bicyclic) bond motifs is 1. The molecule has 0 aliphatic heterocycles. The molecule has 2 saturated carbocycles. The Bertz CT molecular complexity index is 1600. The van der Waals surface area contributed by atoms with Crippen LogP contribution < -0.4 is 21.9 Å². The second-order valence-corrected chi connectivity index (χ2v) is 10.4. The van der Waals surface area contributed by atoms with Gasteiger partial charge >= 0.3 is 5.69 Å². The number of carbonyl (C=O) groups excluding carboxylic acids is 2. The lowest BCUT2D eigenvalue weighted by Crippen LogP contribution is -2.42. The Hall–Kier alpha value is -3.90. The molecule has 9 nitrogen and oxygen atoms in total. The summed E-state index contributed by atoms with van der Waals surface area (Å²) in [5, 5.41) is 15.4. The summed E-state index contributed by atoms with van der Waals surface area (Å²) in [6.07, 6.45) is 4.06. The van der Waals surface area contributed by atoms with Gasteiger partial charge in [0.15, 0.2) is 0 Å². The van der Waals surface area contributed by atoms with Crippen LogP contribution in [0.2, 0.25) is 5.02 Å². The number of aromatic nitrogens is 2. The Morgan fingerprint density at radius 2 is 1.87 bits per heavy atom. The van der Waals surface area contributed by atoms with E-state index in [9.17, 15) is 19.2 Å². The van der Waals surface area contributed by atoms with Gasteiger partial charge in [-0.3, -0.25) is 23.5 Å². The number of nitrogens with one attached hydrogen (secondary N) is 2. The Labute approximate surface area is 224 Å². The normalized spacial score (nSPS) is 18.8. The van der Waals surface area contributed by atoms with Gasteiger partial charge in [-0.05, 0) is 74.9 Å². The molecule has 2 amide bonds. The topological polar surface area (TPSA) is 126 Å². The van der Waals surface area contributed by atoms with E-state index in [-0.39, 0.29) is 34.1 Å². The largest absolute Gasteiger partial charge is 0.349 e. The third-order valence-electron chi connectivity index (χ3n) is 7.47. The van der Waals surface area contributed by atoms with Gasteiger partial charge in [-0.1, -0.05) is 18.0 Å². The first-order valence-corrected chi connectivity index (χ1v) is 13.3. The van der Waals surface area contributed by atoms with Crippen molar-refractivity contribution in [2.45, 2.75) is 58.2 Å². The average molecular weight is 534 g/mol. The summed E-state index contributed by atoms with van der Waals surface area (Å²) in [5.74, 6) is -0.697. The second-order valence-electron chi connectivity index (χ2n) is 10.0. The average Bonchev–Trinajstić information content (AvgIpc) is 3.61. The first-order chi connectivity index (χ1) is 18.3. The van der Waals surface area contributed by atoms with Crippen molar-refractivity contribution < 1.29 is 9.59 Å². The highest BCUT2D eigenvalue weighted by atomic mass is 35.5. The van der Waals surface area contributed by atoms with E-state index in [0.717, 1.165) is 19.3 Å². The molecule has 38 heavy (non-hydrogen) atoms. The lowest BCUT2D eigenvalue weighted by Gasteiger charge is -2.21. The predicted molar refractivity (Wildman–Crippen MR) is 144 cm³/mol. The molecule has 0 bridgehead atoms. The molecular weight excluding hydrogens is 506 g/mol. The van der Waals surface area contributed by atoms with Crippen molar-refractivity contribution in [1.29, 1.82) is 5.26 Å². The van der Waals surface area contributed by atoms with E-state index < -0.39 is 5.92 Å². The number of nitriles is 1. The van der Waals surface area contributed by atoms with Crippen LogP contribution in [0.1, 0.15) is 54.9 Å². The molecule has 1 heterocycles. The van der Waals surface area contributed by atoms with Crippen LogP contribution in [0.25, 0.3) is 10.9 Å². The summed E-state index contributed by atoms with van der Waals surface area (Å²) in [7, 11) is 0. The van der Waals surface area contributed by atoms with E-state index in [2.05, 4.69) is 10.6 Å². The minimum absolute atomic E-state index is 0.234. The van der Waals surface area contributed by atoms with E-state index in [0.29, 0.717) is 59.6 Å². The van der Waals surface area contributed by atoms with Gasteiger partial charge in [0.1, 0.15) is 6.07 Å². The Balaban J connectivity index is 1.36. The zero-order chi connectivity index (χ0) is 27.0. The van der Waals surface area contributed by atoms with Gasteiger partial charge < -0.3 is 10.6 Å². The Kier molecular flexibility index (Phi) is 7.09. The van der Waals surface area contributed by atoms with Gasteiger partial charge in [0.05, 0.1) is 27.4 Å². The number of halogens is 1. The molecule has 2 N–H and O–H groups in total. The highest BCUT2D eigenvalue weighted by Crippen LogP contribution is 2.30. The third-order valence-corrected chi connectivity index (χ3v) is 7.78. The van der Waals surface area contributed by atoms with Crippen LogP contribution in [0.15, 0.2) is 46.0 Å². The van der Waals surface area contributed by atoms with E-state index in [4.69, 9.17) is 16.9 Å². The highest BCUT2D eigenvalue weighted by molar-refractivity contribution is 6.32. The van der Waals surface area contributed by atoms with Gasteiger partial charge in [0.2, 0.25) is 5.91 Å². The van der Waals surface area contributed by atoms with Crippen LogP contribution in [0.5, 0.6) is 0 Å². The maximum atomic E-state index is 13.2. The zero-order valence-electron chi connectivity index (χ0n) is 21.0. The number of hydrogen-bond donors (Lipinski definition) is 2. The van der Waals surface area contributed by atoms with Crippen LogP contribution in [-0.2, 0) is 17.9 Å². The molecule has 2 aromatic carbocycles. The Morgan fingerprint density at radius 1 is 1.08 bits per heavy atom. The van der Waals surface area contributed by atoms with Crippen LogP contribution >= 0.6 is 11.6 Å². The van der Waals surface area contributed by atoms with E-state index in [1.54, 1.807) is 34.9 Å². The zero-order valence-corrected chi connectivity index (χ0v) is 21.8. The smallest absolute Gasteiger partial charge is 0.331 e. The summed E-state index contributed by atoms with van der Waals surface area (Å²) < 4.78 is 2.85. The van der Waals surface area contributed by atoms with Gasteiger partial charge in [0, 0.05) is 30.4 Å². The van der Waals surface area contributed by atoms with E-state index in [1.807, 2.05) is 13.0 Å². The molecule has 2 aliphatic rings. The maximum absolute atomic E-state index is 13.2. The quantitative estimate of drug-likeness (QED) is 0.479. The van der Waals surface area contributed by atoms with Gasteiger partial charge in [-0.25, -0.2) is 4.79 Å². The molecule has 2 fully saturated rings. The molecule has 2 atom stereocenters. The summed E-state index contributed by atoms with van der Waals surface area (Å²) in [6.45, 7) is 2.66. The number of aryl methyl sites for hydroxylation is 1. The molecule has 0 saturated heterocycles. The van der Waals surface area contributed by atoms with Crippen molar-refractivity contribution in [1.82, 2.24) is 14.5 Å². The minimum atomic E-state index is -0.435. The molecule has 0 radical (unpaired) electrons. The number of nitrogens with zero attached hydrogens (tertiary/aromatic N) is 3. The number of benzene rings is 2. The molecule has 196 valence electrons. The van der Waals surface area contributed by atoms with Gasteiger partial charge in [-0.15, -0.1) is 0 Å². The molecular formula is C28H28ClN5O4. The number of hydrogen-bond acceptors (Lipinski definition) is 5. The number of rotatable bonds is 7. The maximum Gasteiger partial charge on any atom is 0.331 e. The molecule has 3 aromatic rings. The summed E-state index contributed by atoms with van der Waals surface area (Å²) in [5.41, 5.74) is 0.910. The summed E-state index contributed by atoms with van der Waals surface area (Å²) in [4.78, 5) is 52.4. The number of anilines is 1. The molecule has 2 aliphatic carbocycles. The van der Waals surface area contributed by atoms with Crippen molar-refractivity contribution >= 4 is 40.0 Å². The van der Waals surface area contributed by atoms with Gasteiger partial charge in [-0.2, -0.15) is 5.26 Å². The fourth-order valence-electron chi connectivity index (χ4n) is 5.21.